The number of nitrogens with zero attached hydrogens (tertiary/aromatic N) is 3. The topological polar surface area (TPSA) is 54.5 Å². The average Bonchev–Trinajstić information content (AvgIpc) is 2.87. The van der Waals surface area contributed by atoms with Crippen LogP contribution in [0.3, 0.4) is 0 Å². The van der Waals surface area contributed by atoms with E-state index in [4.69, 9.17) is 11.6 Å². The van der Waals surface area contributed by atoms with Crippen LogP contribution in [0.2, 0.25) is 5.15 Å². The van der Waals surface area contributed by atoms with Crippen molar-refractivity contribution in [2.45, 2.75) is 13.3 Å². The van der Waals surface area contributed by atoms with E-state index in [9.17, 15) is 0 Å². The number of pyridine rings is 3. The zero-order valence-corrected chi connectivity index (χ0v) is 11.6. The Morgan fingerprint density at radius 1 is 1.15 bits per heavy atom. The molecular formula is C15H11ClN4. The highest BCUT2D eigenvalue weighted by Gasteiger charge is 2.15. The van der Waals surface area contributed by atoms with Gasteiger partial charge in [0.1, 0.15) is 0 Å². The fourth-order valence-corrected chi connectivity index (χ4v) is 2.99. The Balaban J connectivity index is 2.38. The molecule has 20 heavy (non-hydrogen) atoms. The SMILES string of the molecule is CCc1cncc2nc(Cl)c3[nH]c4cnccc4c3c12. The predicted octanol–water partition coefficient (Wildman–Crippen LogP) is 3.88. The molecular weight excluding hydrogens is 272 g/mol. The van der Waals surface area contributed by atoms with E-state index in [0.717, 1.165) is 39.1 Å². The number of halogens is 1. The second-order valence-corrected chi connectivity index (χ2v) is 5.10. The van der Waals surface area contributed by atoms with Crippen LogP contribution in [-0.2, 0) is 6.42 Å². The summed E-state index contributed by atoms with van der Waals surface area (Å²) in [5.41, 5.74) is 3.84. The summed E-state index contributed by atoms with van der Waals surface area (Å²) >= 11 is 6.31. The van der Waals surface area contributed by atoms with E-state index in [-0.39, 0.29) is 0 Å². The molecule has 0 spiro atoms. The highest BCUT2D eigenvalue weighted by Crippen LogP contribution is 2.35. The number of aromatic amines is 1. The van der Waals surface area contributed by atoms with Gasteiger partial charge in [0, 0.05) is 28.6 Å². The molecule has 0 atom stereocenters. The van der Waals surface area contributed by atoms with Crippen molar-refractivity contribution in [3.05, 3.63) is 41.6 Å². The summed E-state index contributed by atoms with van der Waals surface area (Å²) in [6.07, 6.45) is 8.17. The largest absolute Gasteiger partial charge is 0.351 e. The first-order valence-electron chi connectivity index (χ1n) is 6.47. The van der Waals surface area contributed by atoms with E-state index in [1.54, 1.807) is 12.4 Å². The van der Waals surface area contributed by atoms with Gasteiger partial charge in [-0.15, -0.1) is 0 Å². The molecule has 0 saturated carbocycles. The number of H-pyrrole nitrogens is 1. The minimum Gasteiger partial charge on any atom is -0.351 e. The Morgan fingerprint density at radius 3 is 2.90 bits per heavy atom. The quantitative estimate of drug-likeness (QED) is 0.539. The van der Waals surface area contributed by atoms with Gasteiger partial charge in [0.15, 0.2) is 5.15 Å². The number of fused-ring (bicyclic) bond motifs is 5. The molecule has 0 radical (unpaired) electrons. The van der Waals surface area contributed by atoms with E-state index >= 15 is 0 Å². The second kappa shape index (κ2) is 4.15. The van der Waals surface area contributed by atoms with Gasteiger partial charge < -0.3 is 4.98 Å². The molecule has 0 aliphatic carbocycles. The Morgan fingerprint density at radius 2 is 2.05 bits per heavy atom. The first-order valence-corrected chi connectivity index (χ1v) is 6.85. The van der Waals surface area contributed by atoms with Crippen LogP contribution in [0.1, 0.15) is 12.5 Å². The van der Waals surface area contributed by atoms with Crippen molar-refractivity contribution in [2.24, 2.45) is 0 Å². The molecule has 5 heteroatoms. The van der Waals surface area contributed by atoms with Crippen molar-refractivity contribution < 1.29 is 0 Å². The zero-order chi connectivity index (χ0) is 13.7. The molecule has 0 aromatic carbocycles. The lowest BCUT2D eigenvalue weighted by Gasteiger charge is -2.06. The average molecular weight is 283 g/mol. The van der Waals surface area contributed by atoms with Crippen LogP contribution < -0.4 is 0 Å². The second-order valence-electron chi connectivity index (χ2n) is 4.75. The number of aryl methyl sites for hydroxylation is 1. The van der Waals surface area contributed by atoms with Gasteiger partial charge in [0.2, 0.25) is 0 Å². The number of aromatic nitrogens is 4. The van der Waals surface area contributed by atoms with Crippen molar-refractivity contribution in [1.82, 2.24) is 19.9 Å². The maximum absolute atomic E-state index is 6.31. The molecule has 0 aliphatic heterocycles. The van der Waals surface area contributed by atoms with Crippen LogP contribution in [0.4, 0.5) is 0 Å². The molecule has 0 bridgehead atoms. The van der Waals surface area contributed by atoms with Gasteiger partial charge in [-0.3, -0.25) is 9.97 Å². The first kappa shape index (κ1) is 11.6. The van der Waals surface area contributed by atoms with Crippen molar-refractivity contribution in [1.29, 1.82) is 0 Å². The van der Waals surface area contributed by atoms with Crippen LogP contribution in [-0.4, -0.2) is 19.9 Å². The van der Waals surface area contributed by atoms with Crippen molar-refractivity contribution in [3.8, 4) is 0 Å². The zero-order valence-electron chi connectivity index (χ0n) is 10.8. The molecule has 0 unspecified atom stereocenters. The van der Waals surface area contributed by atoms with E-state index in [1.165, 1.54) is 5.56 Å². The minimum absolute atomic E-state index is 0.471. The van der Waals surface area contributed by atoms with Crippen LogP contribution in [0, 0.1) is 0 Å². The van der Waals surface area contributed by atoms with Gasteiger partial charge in [0.25, 0.3) is 0 Å². The van der Waals surface area contributed by atoms with Crippen LogP contribution in [0.15, 0.2) is 30.9 Å². The maximum atomic E-state index is 6.31. The monoisotopic (exact) mass is 282 g/mol. The third kappa shape index (κ3) is 1.45. The lowest BCUT2D eigenvalue weighted by molar-refractivity contribution is 1.12. The first-order chi connectivity index (χ1) is 9.79. The fraction of sp³-hybridized carbons (Fsp3) is 0.133. The predicted molar refractivity (Wildman–Crippen MR) is 81.1 cm³/mol. The molecule has 1 N–H and O–H groups in total. The van der Waals surface area contributed by atoms with Crippen molar-refractivity contribution >= 4 is 44.3 Å². The summed E-state index contributed by atoms with van der Waals surface area (Å²) in [6, 6.07) is 2.00. The number of hydrogen-bond acceptors (Lipinski definition) is 3. The standard InChI is InChI=1S/C15H11ClN4/c1-2-8-5-18-7-11-12(8)13-9-3-4-17-6-10(9)19-14(13)15(16)20-11/h3-7,19H,2H2,1H3. The highest BCUT2D eigenvalue weighted by molar-refractivity contribution is 6.37. The van der Waals surface area contributed by atoms with Gasteiger partial charge in [-0.25, -0.2) is 4.98 Å². The lowest BCUT2D eigenvalue weighted by atomic mass is 10.0. The molecule has 4 heterocycles. The van der Waals surface area contributed by atoms with Crippen LogP contribution in [0.5, 0.6) is 0 Å². The molecule has 4 nitrogen and oxygen atoms in total. The third-order valence-corrected chi connectivity index (χ3v) is 3.93. The molecule has 4 aromatic heterocycles. The summed E-state index contributed by atoms with van der Waals surface area (Å²) < 4.78 is 0. The van der Waals surface area contributed by atoms with E-state index in [2.05, 4.69) is 26.9 Å². The lowest BCUT2D eigenvalue weighted by Crippen LogP contribution is -1.90. The maximum Gasteiger partial charge on any atom is 0.153 e. The van der Waals surface area contributed by atoms with Crippen molar-refractivity contribution in [2.75, 3.05) is 0 Å². The normalized spacial score (nSPS) is 11.7. The molecule has 0 amide bonds. The molecule has 0 saturated heterocycles. The minimum atomic E-state index is 0.471. The van der Waals surface area contributed by atoms with Crippen molar-refractivity contribution in [3.63, 3.8) is 0 Å². The summed E-state index contributed by atoms with van der Waals surface area (Å²) in [5.74, 6) is 0. The smallest absolute Gasteiger partial charge is 0.153 e. The van der Waals surface area contributed by atoms with Gasteiger partial charge in [-0.1, -0.05) is 18.5 Å². The van der Waals surface area contributed by atoms with Gasteiger partial charge in [0.05, 0.1) is 28.9 Å². The molecule has 0 aliphatic rings. The van der Waals surface area contributed by atoms with Gasteiger partial charge >= 0.3 is 0 Å². The molecule has 98 valence electrons. The number of hydrogen-bond donors (Lipinski definition) is 1. The van der Waals surface area contributed by atoms with E-state index in [1.807, 2.05) is 18.5 Å². The summed E-state index contributed by atoms with van der Waals surface area (Å²) in [7, 11) is 0. The molecule has 4 rings (SSSR count). The fourth-order valence-electron chi connectivity index (χ4n) is 2.75. The molecule has 0 fully saturated rings. The Labute approximate surface area is 119 Å². The summed E-state index contributed by atoms with van der Waals surface area (Å²) in [6.45, 7) is 2.12. The Kier molecular flexibility index (Phi) is 2.41. The number of nitrogens with one attached hydrogen (secondary N) is 1. The third-order valence-electron chi connectivity index (χ3n) is 3.66. The van der Waals surface area contributed by atoms with Crippen LogP contribution in [0.25, 0.3) is 32.7 Å². The Hall–Kier alpha value is -2.20. The summed E-state index contributed by atoms with van der Waals surface area (Å²) in [4.78, 5) is 16.2. The number of rotatable bonds is 1. The summed E-state index contributed by atoms with van der Waals surface area (Å²) in [5, 5.41) is 3.82. The van der Waals surface area contributed by atoms with Gasteiger partial charge in [-0.2, -0.15) is 0 Å². The van der Waals surface area contributed by atoms with Crippen LogP contribution >= 0.6 is 11.6 Å². The highest BCUT2D eigenvalue weighted by atomic mass is 35.5. The molecule has 4 aromatic rings. The van der Waals surface area contributed by atoms with Gasteiger partial charge in [-0.05, 0) is 18.1 Å². The van der Waals surface area contributed by atoms with E-state index < -0.39 is 0 Å². The van der Waals surface area contributed by atoms with E-state index in [0.29, 0.717) is 5.15 Å². The Bertz CT molecular complexity index is 958.